The molecule has 3 aromatic rings. The van der Waals surface area contributed by atoms with Crippen LogP contribution in [0.15, 0.2) is 96.6 Å². The van der Waals surface area contributed by atoms with Crippen molar-refractivity contribution in [2.24, 2.45) is 0 Å². The zero-order valence-corrected chi connectivity index (χ0v) is 18.3. The van der Waals surface area contributed by atoms with Crippen molar-refractivity contribution in [2.75, 3.05) is 26.4 Å². The van der Waals surface area contributed by atoms with Gasteiger partial charge < -0.3 is 19.7 Å². The first kappa shape index (κ1) is 21.3. The Morgan fingerprint density at radius 2 is 1.27 bits per heavy atom. The molecule has 0 amide bonds. The van der Waals surface area contributed by atoms with E-state index in [1.54, 1.807) is 0 Å². The molecule has 0 spiro atoms. The number of allylic oxidation sites excluding steroid dienone is 5. The second kappa shape index (κ2) is 9.10. The molecule has 4 nitrogen and oxygen atoms in total. The second-order valence-electron chi connectivity index (χ2n) is 8.09. The van der Waals surface area contributed by atoms with Crippen LogP contribution in [-0.4, -0.2) is 36.6 Å². The maximum Gasteiger partial charge on any atom is 0.119 e. The standard InChI is InChI=1S/C29H26O4/c30-16-18-32-24-11-7-22(8-12-24)29(23-9-13-25(14-10-23)33-19-17-31)15-3-6-27-26-5-2-1-4-21(26)20-28(27)29/h1-15,20,30-31H,16-19H2. The summed E-state index contributed by atoms with van der Waals surface area (Å²) in [6.07, 6.45) is 8.87. The topological polar surface area (TPSA) is 58.9 Å². The van der Waals surface area contributed by atoms with Crippen molar-refractivity contribution >= 4 is 11.6 Å². The van der Waals surface area contributed by atoms with Crippen molar-refractivity contribution in [2.45, 2.75) is 5.41 Å². The summed E-state index contributed by atoms with van der Waals surface area (Å²) in [4.78, 5) is 0. The minimum Gasteiger partial charge on any atom is -0.491 e. The number of rotatable bonds is 8. The van der Waals surface area contributed by atoms with Gasteiger partial charge in [0.25, 0.3) is 0 Å². The molecule has 0 atom stereocenters. The fourth-order valence-electron chi connectivity index (χ4n) is 4.76. The maximum atomic E-state index is 9.07. The van der Waals surface area contributed by atoms with E-state index in [1.165, 1.54) is 22.3 Å². The molecule has 2 aliphatic carbocycles. The third kappa shape index (κ3) is 3.78. The van der Waals surface area contributed by atoms with Gasteiger partial charge in [0.2, 0.25) is 0 Å². The quantitative estimate of drug-likeness (QED) is 0.532. The molecule has 0 radical (unpaired) electrons. The molecule has 5 rings (SSSR count). The summed E-state index contributed by atoms with van der Waals surface area (Å²) in [6.45, 7) is 0.511. The van der Waals surface area contributed by atoms with Crippen LogP contribution < -0.4 is 9.47 Å². The van der Waals surface area contributed by atoms with Gasteiger partial charge in [0.15, 0.2) is 0 Å². The van der Waals surface area contributed by atoms with Crippen molar-refractivity contribution in [3.05, 3.63) is 119 Å². The first-order valence-corrected chi connectivity index (χ1v) is 11.2. The number of benzene rings is 3. The van der Waals surface area contributed by atoms with Crippen LogP contribution in [0.25, 0.3) is 11.6 Å². The van der Waals surface area contributed by atoms with E-state index < -0.39 is 5.41 Å². The van der Waals surface area contributed by atoms with E-state index in [-0.39, 0.29) is 26.4 Å². The molecule has 166 valence electrons. The summed E-state index contributed by atoms with van der Waals surface area (Å²) in [7, 11) is 0. The highest BCUT2D eigenvalue weighted by Gasteiger charge is 2.41. The van der Waals surface area contributed by atoms with Crippen LogP contribution in [0.1, 0.15) is 22.3 Å². The van der Waals surface area contributed by atoms with Gasteiger partial charge in [0, 0.05) is 0 Å². The van der Waals surface area contributed by atoms with E-state index in [1.807, 2.05) is 24.3 Å². The summed E-state index contributed by atoms with van der Waals surface area (Å²) in [5, 5.41) is 18.1. The molecular weight excluding hydrogens is 412 g/mol. The second-order valence-corrected chi connectivity index (χ2v) is 8.09. The predicted octanol–water partition coefficient (Wildman–Crippen LogP) is 4.77. The minimum atomic E-state index is -0.478. The maximum absolute atomic E-state index is 9.07. The van der Waals surface area contributed by atoms with Crippen molar-refractivity contribution in [1.29, 1.82) is 0 Å². The lowest BCUT2D eigenvalue weighted by atomic mass is 9.65. The van der Waals surface area contributed by atoms with Crippen LogP contribution in [0.3, 0.4) is 0 Å². The number of aliphatic hydroxyl groups is 2. The molecule has 0 saturated heterocycles. The Morgan fingerprint density at radius 3 is 1.85 bits per heavy atom. The average Bonchev–Trinajstić information content (AvgIpc) is 3.26. The smallest absolute Gasteiger partial charge is 0.119 e. The molecule has 0 aromatic heterocycles. The zero-order valence-electron chi connectivity index (χ0n) is 18.3. The van der Waals surface area contributed by atoms with Gasteiger partial charge in [0.1, 0.15) is 24.7 Å². The van der Waals surface area contributed by atoms with E-state index in [2.05, 4.69) is 72.8 Å². The molecule has 3 aromatic carbocycles. The van der Waals surface area contributed by atoms with Crippen LogP contribution in [0.4, 0.5) is 0 Å². The van der Waals surface area contributed by atoms with Gasteiger partial charge in [-0.15, -0.1) is 0 Å². The van der Waals surface area contributed by atoms with Crippen LogP contribution in [0.2, 0.25) is 0 Å². The molecule has 4 heteroatoms. The largest absolute Gasteiger partial charge is 0.491 e. The lowest BCUT2D eigenvalue weighted by molar-refractivity contribution is 0.201. The molecule has 0 saturated carbocycles. The normalized spacial score (nSPS) is 15.3. The monoisotopic (exact) mass is 438 g/mol. The highest BCUT2D eigenvalue weighted by atomic mass is 16.5. The molecule has 33 heavy (non-hydrogen) atoms. The molecule has 0 unspecified atom stereocenters. The summed E-state index contributed by atoms with van der Waals surface area (Å²) in [5.74, 6) is 1.46. The van der Waals surface area contributed by atoms with E-state index in [9.17, 15) is 0 Å². The minimum absolute atomic E-state index is 0.0154. The van der Waals surface area contributed by atoms with Gasteiger partial charge in [-0.1, -0.05) is 66.8 Å². The number of ether oxygens (including phenoxy) is 2. The first-order chi connectivity index (χ1) is 16.3. The third-order valence-electron chi connectivity index (χ3n) is 6.21. The molecule has 2 N–H and O–H groups in total. The summed E-state index contributed by atoms with van der Waals surface area (Å²) >= 11 is 0. The van der Waals surface area contributed by atoms with Crippen LogP contribution in [0, 0.1) is 0 Å². The van der Waals surface area contributed by atoms with Gasteiger partial charge in [-0.2, -0.15) is 0 Å². The van der Waals surface area contributed by atoms with E-state index in [0.29, 0.717) is 0 Å². The highest BCUT2D eigenvalue weighted by molar-refractivity contribution is 6.00. The van der Waals surface area contributed by atoms with Crippen LogP contribution >= 0.6 is 0 Å². The van der Waals surface area contributed by atoms with Crippen LogP contribution in [0.5, 0.6) is 11.5 Å². The first-order valence-electron chi connectivity index (χ1n) is 11.2. The fourth-order valence-corrected chi connectivity index (χ4v) is 4.76. The van der Waals surface area contributed by atoms with Gasteiger partial charge >= 0.3 is 0 Å². The SMILES string of the molecule is OCCOc1ccc(C2(c3ccc(OCCO)cc3)C=CC=C3C2=Cc2ccccc23)cc1. The Kier molecular flexibility index (Phi) is 5.86. The molecule has 0 bridgehead atoms. The Balaban J connectivity index is 1.63. The molecular formula is C29H26O4. The molecule has 0 fully saturated rings. The van der Waals surface area contributed by atoms with Crippen molar-refractivity contribution in [1.82, 2.24) is 0 Å². The Morgan fingerprint density at radius 1 is 0.697 bits per heavy atom. The lowest BCUT2D eigenvalue weighted by Crippen LogP contribution is -2.29. The molecule has 0 aliphatic heterocycles. The van der Waals surface area contributed by atoms with Gasteiger partial charge in [-0.25, -0.2) is 0 Å². The molecule has 0 heterocycles. The fraction of sp³-hybridized carbons (Fsp3) is 0.172. The third-order valence-corrected chi connectivity index (χ3v) is 6.21. The number of hydrogen-bond donors (Lipinski definition) is 2. The molecule has 2 aliphatic rings. The Labute approximate surface area is 193 Å². The number of aliphatic hydroxyl groups excluding tert-OH is 2. The average molecular weight is 439 g/mol. The van der Waals surface area contributed by atoms with Crippen LogP contribution in [-0.2, 0) is 5.41 Å². The van der Waals surface area contributed by atoms with Gasteiger partial charge in [-0.05, 0) is 63.7 Å². The predicted molar refractivity (Wildman–Crippen MR) is 130 cm³/mol. The zero-order chi connectivity index (χ0) is 22.7. The van der Waals surface area contributed by atoms with E-state index in [0.717, 1.165) is 22.6 Å². The summed E-state index contributed by atoms with van der Waals surface area (Å²) in [5.41, 5.74) is 6.71. The Bertz CT molecular complexity index is 1170. The van der Waals surface area contributed by atoms with Crippen molar-refractivity contribution in [3.8, 4) is 11.5 Å². The van der Waals surface area contributed by atoms with Gasteiger partial charge in [-0.3, -0.25) is 0 Å². The van der Waals surface area contributed by atoms with Gasteiger partial charge in [0.05, 0.1) is 18.6 Å². The van der Waals surface area contributed by atoms with E-state index in [4.69, 9.17) is 19.7 Å². The number of hydrogen-bond acceptors (Lipinski definition) is 4. The highest BCUT2D eigenvalue weighted by Crippen LogP contribution is 2.53. The summed E-state index contributed by atoms with van der Waals surface area (Å²) in [6, 6.07) is 24.7. The van der Waals surface area contributed by atoms with E-state index >= 15 is 0 Å². The Hall–Kier alpha value is -3.60. The number of fused-ring (bicyclic) bond motifs is 3. The lowest BCUT2D eigenvalue weighted by Gasteiger charge is -2.37. The van der Waals surface area contributed by atoms with Crippen molar-refractivity contribution < 1.29 is 19.7 Å². The summed E-state index contributed by atoms with van der Waals surface area (Å²) < 4.78 is 11.2. The van der Waals surface area contributed by atoms with Crippen molar-refractivity contribution in [3.63, 3.8) is 0 Å².